The number of rotatable bonds is 6. The lowest BCUT2D eigenvalue weighted by molar-refractivity contribution is -0.122. The van der Waals surface area contributed by atoms with E-state index < -0.39 is 22.0 Å². The van der Waals surface area contributed by atoms with Crippen LogP contribution in [0, 0.1) is 0 Å². The molecular weight excluding hydrogens is 270 g/mol. The summed E-state index contributed by atoms with van der Waals surface area (Å²) in [5, 5.41) is 16.3. The molecule has 0 aromatic heterocycles. The molecule has 19 heavy (non-hydrogen) atoms. The van der Waals surface area contributed by atoms with Crippen LogP contribution in [0.25, 0.3) is 0 Å². The molecule has 1 atom stereocenters. The fraction of sp³-hybridized carbons (Fsp3) is 0.364. The molecular formula is C11H17N3O4S. The van der Waals surface area contributed by atoms with Crippen LogP contribution in [-0.2, 0) is 21.2 Å². The Kier molecular flexibility index (Phi) is 5.28. The molecule has 106 valence electrons. The summed E-state index contributed by atoms with van der Waals surface area (Å²) in [6.45, 7) is -0.0685. The molecule has 1 rings (SSSR count). The minimum atomic E-state index is -3.59. The van der Waals surface area contributed by atoms with E-state index in [2.05, 4.69) is 5.32 Å². The smallest absolute Gasteiger partial charge is 0.237 e. The number of amides is 1. The van der Waals surface area contributed by atoms with Gasteiger partial charge in [0.05, 0.1) is 11.8 Å². The van der Waals surface area contributed by atoms with E-state index in [1.807, 2.05) is 0 Å². The Hall–Kier alpha value is -1.64. The molecule has 6 N–H and O–H groups in total. The number of benzene rings is 1. The Balaban J connectivity index is 2.42. The predicted molar refractivity (Wildman–Crippen MR) is 70.8 cm³/mol. The molecule has 0 aliphatic rings. The third-order valence-corrected chi connectivity index (χ3v) is 3.19. The van der Waals surface area contributed by atoms with Crippen molar-refractivity contribution < 1.29 is 18.3 Å². The minimum Gasteiger partial charge on any atom is -0.508 e. The number of phenolic OH excluding ortho intramolecular Hbond substituents is 1. The zero-order valence-corrected chi connectivity index (χ0v) is 11.1. The Morgan fingerprint density at radius 1 is 1.32 bits per heavy atom. The largest absolute Gasteiger partial charge is 0.508 e. The SMILES string of the molecule is N[C@H](Cc1ccc(O)cc1)C(=O)NCCS(N)(=O)=O. The fourth-order valence-corrected chi connectivity index (χ4v) is 1.81. The third-order valence-electron chi connectivity index (χ3n) is 2.41. The van der Waals surface area contributed by atoms with Crippen LogP contribution >= 0.6 is 0 Å². The summed E-state index contributed by atoms with van der Waals surface area (Å²) in [5.41, 5.74) is 6.48. The van der Waals surface area contributed by atoms with Crippen LogP contribution in [0.2, 0.25) is 0 Å². The van der Waals surface area contributed by atoms with Crippen molar-refractivity contribution in [3.05, 3.63) is 29.8 Å². The standard InChI is InChI=1S/C11H17N3O4S/c12-10(7-8-1-3-9(15)4-2-8)11(16)14-5-6-19(13,17)18/h1-4,10,15H,5-7,12H2,(H,14,16)(H2,13,17,18)/t10-/m1/s1. The minimum absolute atomic E-state index is 0.0685. The van der Waals surface area contributed by atoms with Crippen LogP contribution < -0.4 is 16.2 Å². The number of nitrogens with two attached hydrogens (primary N) is 2. The Bertz CT molecular complexity index is 527. The van der Waals surface area contributed by atoms with E-state index in [1.165, 1.54) is 12.1 Å². The van der Waals surface area contributed by atoms with Gasteiger partial charge in [0.2, 0.25) is 15.9 Å². The molecule has 0 radical (unpaired) electrons. The maximum Gasteiger partial charge on any atom is 0.237 e. The first kappa shape index (κ1) is 15.4. The highest BCUT2D eigenvalue weighted by Crippen LogP contribution is 2.10. The molecule has 1 aromatic carbocycles. The van der Waals surface area contributed by atoms with Gasteiger partial charge < -0.3 is 16.2 Å². The zero-order chi connectivity index (χ0) is 14.5. The molecule has 1 amide bonds. The van der Waals surface area contributed by atoms with Crippen molar-refractivity contribution in [2.75, 3.05) is 12.3 Å². The number of hydrogen-bond donors (Lipinski definition) is 4. The van der Waals surface area contributed by atoms with Gasteiger partial charge in [-0.05, 0) is 24.1 Å². The average molecular weight is 287 g/mol. The molecule has 0 aliphatic carbocycles. The fourth-order valence-electron chi connectivity index (χ4n) is 1.43. The highest BCUT2D eigenvalue weighted by molar-refractivity contribution is 7.89. The highest BCUT2D eigenvalue weighted by Gasteiger charge is 2.14. The second kappa shape index (κ2) is 6.50. The molecule has 0 bridgehead atoms. The lowest BCUT2D eigenvalue weighted by Gasteiger charge is -2.12. The van der Waals surface area contributed by atoms with E-state index in [0.717, 1.165) is 5.56 Å². The van der Waals surface area contributed by atoms with Crippen molar-refractivity contribution in [3.8, 4) is 5.75 Å². The van der Waals surface area contributed by atoms with Gasteiger partial charge in [-0.1, -0.05) is 12.1 Å². The number of aromatic hydroxyl groups is 1. The molecule has 0 spiro atoms. The predicted octanol–water partition coefficient (Wildman–Crippen LogP) is -1.33. The molecule has 7 nitrogen and oxygen atoms in total. The van der Waals surface area contributed by atoms with Gasteiger partial charge in [0.25, 0.3) is 0 Å². The summed E-state index contributed by atoms with van der Waals surface area (Å²) in [7, 11) is -3.59. The number of phenols is 1. The van der Waals surface area contributed by atoms with Gasteiger partial charge in [0, 0.05) is 6.54 Å². The molecule has 0 saturated heterocycles. The quantitative estimate of drug-likeness (QED) is 0.514. The number of nitrogens with one attached hydrogen (secondary N) is 1. The van der Waals surface area contributed by atoms with Crippen molar-refractivity contribution in [2.24, 2.45) is 10.9 Å². The molecule has 0 heterocycles. The first-order valence-corrected chi connectivity index (χ1v) is 7.31. The van der Waals surface area contributed by atoms with E-state index in [0.29, 0.717) is 6.42 Å². The second-order valence-electron chi connectivity index (χ2n) is 4.14. The third kappa shape index (κ3) is 6.18. The summed E-state index contributed by atoms with van der Waals surface area (Å²) in [4.78, 5) is 11.6. The lowest BCUT2D eigenvalue weighted by Crippen LogP contribution is -2.43. The van der Waals surface area contributed by atoms with Gasteiger partial charge in [0.15, 0.2) is 0 Å². The maximum absolute atomic E-state index is 11.6. The Labute approximate surface area is 111 Å². The molecule has 0 saturated carbocycles. The van der Waals surface area contributed by atoms with Crippen LogP contribution in [0.1, 0.15) is 5.56 Å². The van der Waals surface area contributed by atoms with Crippen molar-refractivity contribution in [1.82, 2.24) is 5.32 Å². The second-order valence-corrected chi connectivity index (χ2v) is 5.87. The molecule has 1 aromatic rings. The van der Waals surface area contributed by atoms with Crippen LogP contribution in [0.3, 0.4) is 0 Å². The van der Waals surface area contributed by atoms with Crippen molar-refractivity contribution in [2.45, 2.75) is 12.5 Å². The normalized spacial score (nSPS) is 12.9. The summed E-state index contributed by atoms with van der Waals surface area (Å²) in [6, 6.07) is 5.53. The molecule has 0 aliphatic heterocycles. The van der Waals surface area contributed by atoms with Crippen LogP contribution in [-0.4, -0.2) is 37.8 Å². The van der Waals surface area contributed by atoms with Crippen molar-refractivity contribution in [1.29, 1.82) is 0 Å². The number of carbonyl (C=O) groups excluding carboxylic acids is 1. The zero-order valence-electron chi connectivity index (χ0n) is 10.2. The van der Waals surface area contributed by atoms with E-state index in [-0.39, 0.29) is 18.0 Å². The Morgan fingerprint density at radius 3 is 2.42 bits per heavy atom. The van der Waals surface area contributed by atoms with E-state index in [4.69, 9.17) is 16.0 Å². The monoisotopic (exact) mass is 287 g/mol. The van der Waals surface area contributed by atoms with Crippen LogP contribution in [0.15, 0.2) is 24.3 Å². The topological polar surface area (TPSA) is 136 Å². The number of sulfonamides is 1. The van der Waals surface area contributed by atoms with Gasteiger partial charge in [0.1, 0.15) is 5.75 Å². The highest BCUT2D eigenvalue weighted by atomic mass is 32.2. The van der Waals surface area contributed by atoms with Gasteiger partial charge in [-0.2, -0.15) is 0 Å². The average Bonchev–Trinajstić information content (AvgIpc) is 2.30. The van der Waals surface area contributed by atoms with Crippen molar-refractivity contribution >= 4 is 15.9 Å². The molecule has 8 heteroatoms. The van der Waals surface area contributed by atoms with Gasteiger partial charge in [-0.15, -0.1) is 0 Å². The van der Waals surface area contributed by atoms with E-state index in [1.54, 1.807) is 12.1 Å². The van der Waals surface area contributed by atoms with Gasteiger partial charge in [-0.25, -0.2) is 13.6 Å². The van der Waals surface area contributed by atoms with Crippen LogP contribution in [0.4, 0.5) is 0 Å². The number of primary sulfonamides is 1. The van der Waals surface area contributed by atoms with Gasteiger partial charge in [-0.3, -0.25) is 4.79 Å². The summed E-state index contributed by atoms with van der Waals surface area (Å²) in [6.07, 6.45) is 0.293. The first-order chi connectivity index (χ1) is 8.78. The lowest BCUT2D eigenvalue weighted by atomic mass is 10.1. The Morgan fingerprint density at radius 2 is 1.89 bits per heavy atom. The summed E-state index contributed by atoms with van der Waals surface area (Å²) in [5.74, 6) is -0.642. The first-order valence-electron chi connectivity index (χ1n) is 5.59. The number of hydrogen-bond acceptors (Lipinski definition) is 5. The molecule has 0 fully saturated rings. The van der Waals surface area contributed by atoms with Crippen LogP contribution in [0.5, 0.6) is 5.75 Å². The maximum atomic E-state index is 11.6. The summed E-state index contributed by atoms with van der Waals surface area (Å²) < 4.78 is 21.4. The van der Waals surface area contributed by atoms with E-state index in [9.17, 15) is 13.2 Å². The number of carbonyl (C=O) groups is 1. The van der Waals surface area contributed by atoms with Gasteiger partial charge >= 0.3 is 0 Å². The van der Waals surface area contributed by atoms with Crippen molar-refractivity contribution in [3.63, 3.8) is 0 Å². The summed E-state index contributed by atoms with van der Waals surface area (Å²) >= 11 is 0. The molecule has 0 unspecified atom stereocenters. The van der Waals surface area contributed by atoms with E-state index >= 15 is 0 Å².